The molecule has 0 saturated heterocycles. The molecule has 0 spiro atoms. The molecule has 0 bridgehead atoms. The van der Waals surface area contributed by atoms with Gasteiger partial charge in [0, 0.05) is 24.4 Å². The van der Waals surface area contributed by atoms with Crippen molar-refractivity contribution in [2.75, 3.05) is 6.54 Å². The Morgan fingerprint density at radius 1 is 1.50 bits per heavy atom. The molecule has 14 heavy (non-hydrogen) atoms. The van der Waals surface area contributed by atoms with Gasteiger partial charge in [0.25, 0.3) is 0 Å². The first-order valence-corrected chi connectivity index (χ1v) is 4.18. The number of benzene rings is 1. The van der Waals surface area contributed by atoms with E-state index in [1.54, 1.807) is 6.21 Å². The highest BCUT2D eigenvalue weighted by Crippen LogP contribution is 2.29. The third kappa shape index (κ3) is 1.32. The Morgan fingerprint density at radius 2 is 2.29 bits per heavy atom. The smallest absolute Gasteiger partial charge is 0.311 e. The van der Waals surface area contributed by atoms with E-state index in [0.29, 0.717) is 6.54 Å². The van der Waals surface area contributed by atoms with Crippen LogP contribution in [-0.2, 0) is 6.42 Å². The summed E-state index contributed by atoms with van der Waals surface area (Å²) in [6.45, 7) is 0.671. The average molecular weight is 192 g/mol. The van der Waals surface area contributed by atoms with Crippen LogP contribution in [0.3, 0.4) is 0 Å². The lowest BCUT2D eigenvalue weighted by Crippen LogP contribution is -2.03. The Hall–Kier alpha value is -1.91. The molecule has 2 rings (SSSR count). The van der Waals surface area contributed by atoms with Gasteiger partial charge in [0.2, 0.25) is 0 Å². The first-order chi connectivity index (χ1) is 6.68. The molecule has 0 fully saturated rings. The Balaban J connectivity index is 2.58. The molecule has 0 saturated carbocycles. The molecule has 0 aliphatic carbocycles. The van der Waals surface area contributed by atoms with Crippen molar-refractivity contribution in [1.82, 2.24) is 0 Å². The maximum atomic E-state index is 10.5. The molecule has 72 valence electrons. The molecule has 5 heteroatoms. The lowest BCUT2D eigenvalue weighted by Gasteiger charge is -2.09. The van der Waals surface area contributed by atoms with E-state index in [1.165, 1.54) is 12.1 Å². The van der Waals surface area contributed by atoms with Crippen molar-refractivity contribution >= 4 is 11.9 Å². The molecular weight excluding hydrogens is 184 g/mol. The van der Waals surface area contributed by atoms with Gasteiger partial charge in [-0.1, -0.05) is 0 Å². The number of phenols is 1. The van der Waals surface area contributed by atoms with Crippen LogP contribution in [0.15, 0.2) is 17.1 Å². The number of hydrogen-bond acceptors (Lipinski definition) is 4. The van der Waals surface area contributed by atoms with Crippen LogP contribution < -0.4 is 0 Å². The minimum absolute atomic E-state index is 0.267. The van der Waals surface area contributed by atoms with E-state index >= 15 is 0 Å². The minimum Gasteiger partial charge on any atom is -0.502 e. The fraction of sp³-hybridized carbons (Fsp3) is 0.222. The van der Waals surface area contributed by atoms with Gasteiger partial charge in [0.05, 0.1) is 4.92 Å². The first-order valence-electron chi connectivity index (χ1n) is 4.18. The summed E-state index contributed by atoms with van der Waals surface area (Å²) >= 11 is 0. The van der Waals surface area contributed by atoms with E-state index in [-0.39, 0.29) is 11.4 Å². The predicted octanol–water partition coefficient (Wildman–Crippen LogP) is 1.28. The van der Waals surface area contributed by atoms with Crippen LogP contribution >= 0.6 is 0 Å². The Labute approximate surface area is 79.9 Å². The zero-order chi connectivity index (χ0) is 10.1. The van der Waals surface area contributed by atoms with Crippen molar-refractivity contribution in [2.45, 2.75) is 6.42 Å². The van der Waals surface area contributed by atoms with Crippen LogP contribution in [0, 0.1) is 10.1 Å². The van der Waals surface area contributed by atoms with Crippen molar-refractivity contribution in [1.29, 1.82) is 0 Å². The van der Waals surface area contributed by atoms with Gasteiger partial charge in [-0.15, -0.1) is 0 Å². The fourth-order valence-corrected chi connectivity index (χ4v) is 1.47. The van der Waals surface area contributed by atoms with Gasteiger partial charge in [-0.3, -0.25) is 15.1 Å². The summed E-state index contributed by atoms with van der Waals surface area (Å²) in [5.74, 6) is -0.274. The number of aliphatic imine (C=N–C) groups is 1. The normalized spacial score (nSPS) is 13.7. The molecule has 0 aromatic heterocycles. The van der Waals surface area contributed by atoms with Crippen LogP contribution in [0.1, 0.15) is 11.1 Å². The van der Waals surface area contributed by atoms with Crippen LogP contribution in [0.25, 0.3) is 0 Å². The minimum atomic E-state index is -0.599. The maximum absolute atomic E-state index is 10.5. The molecule has 0 amide bonds. The van der Waals surface area contributed by atoms with E-state index in [9.17, 15) is 15.2 Å². The summed E-state index contributed by atoms with van der Waals surface area (Å²) in [6, 6.07) is 2.80. The molecular formula is C9H8N2O3. The van der Waals surface area contributed by atoms with Crippen molar-refractivity contribution in [3.05, 3.63) is 33.4 Å². The number of nitro groups is 1. The Kier molecular flexibility index (Phi) is 1.92. The maximum Gasteiger partial charge on any atom is 0.311 e. The quantitative estimate of drug-likeness (QED) is 0.537. The van der Waals surface area contributed by atoms with Gasteiger partial charge in [-0.2, -0.15) is 0 Å². The van der Waals surface area contributed by atoms with Crippen LogP contribution in [0.5, 0.6) is 5.75 Å². The van der Waals surface area contributed by atoms with Gasteiger partial charge < -0.3 is 5.11 Å². The van der Waals surface area contributed by atoms with Gasteiger partial charge in [-0.05, 0) is 18.1 Å². The molecule has 1 N–H and O–H groups in total. The Morgan fingerprint density at radius 3 is 3.00 bits per heavy atom. The zero-order valence-corrected chi connectivity index (χ0v) is 7.30. The number of nitro benzene ring substituents is 1. The number of phenolic OH excluding ortho intramolecular Hbond substituents is 1. The summed E-state index contributed by atoms with van der Waals surface area (Å²) in [5.41, 5.74) is 1.36. The lowest BCUT2D eigenvalue weighted by atomic mass is 10.0. The summed E-state index contributed by atoms with van der Waals surface area (Å²) in [4.78, 5) is 13.9. The van der Waals surface area contributed by atoms with E-state index < -0.39 is 4.92 Å². The van der Waals surface area contributed by atoms with Gasteiger partial charge in [0.15, 0.2) is 5.75 Å². The molecule has 0 radical (unpaired) electrons. The van der Waals surface area contributed by atoms with E-state index in [4.69, 9.17) is 0 Å². The van der Waals surface area contributed by atoms with Gasteiger partial charge in [-0.25, -0.2) is 0 Å². The van der Waals surface area contributed by atoms with Gasteiger partial charge >= 0.3 is 5.69 Å². The molecule has 0 atom stereocenters. The van der Waals surface area contributed by atoms with Crippen molar-refractivity contribution in [2.24, 2.45) is 4.99 Å². The number of rotatable bonds is 1. The van der Waals surface area contributed by atoms with E-state index in [2.05, 4.69) is 4.99 Å². The largest absolute Gasteiger partial charge is 0.502 e. The van der Waals surface area contributed by atoms with E-state index in [1.807, 2.05) is 0 Å². The third-order valence-corrected chi connectivity index (χ3v) is 2.17. The number of aromatic hydroxyl groups is 1. The van der Waals surface area contributed by atoms with Crippen LogP contribution in [0.4, 0.5) is 5.69 Å². The monoisotopic (exact) mass is 192 g/mol. The summed E-state index contributed by atoms with van der Waals surface area (Å²) in [6.07, 6.45) is 2.32. The average Bonchev–Trinajstić information content (AvgIpc) is 2.16. The second-order valence-electron chi connectivity index (χ2n) is 3.08. The molecule has 1 aliphatic rings. The highest BCUT2D eigenvalue weighted by Gasteiger charge is 2.17. The van der Waals surface area contributed by atoms with Crippen molar-refractivity contribution < 1.29 is 10.0 Å². The molecule has 0 unspecified atom stereocenters. The highest BCUT2D eigenvalue weighted by molar-refractivity contribution is 5.84. The van der Waals surface area contributed by atoms with Crippen LogP contribution in [0.2, 0.25) is 0 Å². The highest BCUT2D eigenvalue weighted by atomic mass is 16.6. The summed E-state index contributed by atoms with van der Waals surface area (Å²) in [5, 5.41) is 19.9. The van der Waals surface area contributed by atoms with Crippen LogP contribution in [-0.4, -0.2) is 22.8 Å². The second-order valence-corrected chi connectivity index (χ2v) is 3.08. The summed E-state index contributed by atoms with van der Waals surface area (Å²) in [7, 11) is 0. The molecule has 1 aliphatic heterocycles. The number of hydrogen-bond donors (Lipinski definition) is 1. The Bertz CT molecular complexity index is 426. The second kappa shape index (κ2) is 3.10. The first kappa shape index (κ1) is 8.68. The molecule has 1 heterocycles. The summed E-state index contributed by atoms with van der Waals surface area (Å²) < 4.78 is 0. The number of nitrogens with zero attached hydrogens (tertiary/aromatic N) is 2. The lowest BCUT2D eigenvalue weighted by molar-refractivity contribution is -0.385. The standard InChI is InChI=1S/C9H8N2O3/c12-9-4-6-1-2-10-5-7(6)3-8(9)11(13)14/h3-5,12H,1-2H2. The SMILES string of the molecule is O=[N+]([O-])c1cc2c(cc1O)CCN=C2. The predicted molar refractivity (Wildman–Crippen MR) is 50.9 cm³/mol. The van der Waals surface area contributed by atoms with Crippen molar-refractivity contribution in [3.63, 3.8) is 0 Å². The molecule has 1 aromatic rings. The topological polar surface area (TPSA) is 75.7 Å². The number of fused-ring (bicyclic) bond motifs is 1. The fourth-order valence-electron chi connectivity index (χ4n) is 1.47. The third-order valence-electron chi connectivity index (χ3n) is 2.17. The molecule has 5 nitrogen and oxygen atoms in total. The zero-order valence-electron chi connectivity index (χ0n) is 7.30. The van der Waals surface area contributed by atoms with Gasteiger partial charge in [0.1, 0.15) is 0 Å². The van der Waals surface area contributed by atoms with Crippen molar-refractivity contribution in [3.8, 4) is 5.75 Å². The van der Waals surface area contributed by atoms with E-state index in [0.717, 1.165) is 17.5 Å². The molecule has 1 aromatic carbocycles.